The number of aromatic nitrogens is 2. The van der Waals surface area contributed by atoms with Crippen LogP contribution >= 0.6 is 12.4 Å². The Morgan fingerprint density at radius 2 is 1.80 bits per heavy atom. The SMILES string of the molecule is CCc1nc(Nc2ccc(OC)cc2)c2oc3ccccc3c2n1.Cl. The Balaban J connectivity index is 0.00000182. The molecule has 1 N–H and O–H groups in total. The van der Waals surface area contributed by atoms with Crippen molar-refractivity contribution in [3.63, 3.8) is 0 Å². The van der Waals surface area contributed by atoms with Gasteiger partial charge in [-0.3, -0.25) is 0 Å². The number of furan rings is 1. The van der Waals surface area contributed by atoms with Crippen LogP contribution in [0.15, 0.2) is 52.9 Å². The van der Waals surface area contributed by atoms with Crippen LogP contribution in [0.5, 0.6) is 5.75 Å². The summed E-state index contributed by atoms with van der Waals surface area (Å²) in [6, 6.07) is 15.6. The number of rotatable bonds is 4. The fourth-order valence-corrected chi connectivity index (χ4v) is 2.69. The van der Waals surface area contributed by atoms with Gasteiger partial charge in [-0.15, -0.1) is 12.4 Å². The van der Waals surface area contributed by atoms with Gasteiger partial charge in [0.2, 0.25) is 0 Å². The molecule has 0 unspecified atom stereocenters. The fourth-order valence-electron chi connectivity index (χ4n) is 2.69. The van der Waals surface area contributed by atoms with E-state index in [0.29, 0.717) is 11.4 Å². The van der Waals surface area contributed by atoms with Crippen LogP contribution in [0.3, 0.4) is 0 Å². The number of hydrogen-bond acceptors (Lipinski definition) is 5. The minimum absolute atomic E-state index is 0. The number of methoxy groups -OCH3 is 1. The van der Waals surface area contributed by atoms with Gasteiger partial charge in [0.05, 0.1) is 7.11 Å². The minimum Gasteiger partial charge on any atom is -0.497 e. The Kier molecular flexibility index (Phi) is 4.76. The third-order valence-electron chi connectivity index (χ3n) is 3.94. The predicted molar refractivity (Wildman–Crippen MR) is 102 cm³/mol. The number of nitrogens with zero attached hydrogens (tertiary/aromatic N) is 2. The maximum Gasteiger partial charge on any atom is 0.196 e. The molecule has 128 valence electrons. The van der Waals surface area contributed by atoms with E-state index in [2.05, 4.69) is 15.3 Å². The van der Waals surface area contributed by atoms with E-state index in [1.54, 1.807) is 7.11 Å². The summed E-state index contributed by atoms with van der Waals surface area (Å²) in [6.45, 7) is 2.04. The van der Waals surface area contributed by atoms with Crippen molar-refractivity contribution >= 4 is 46.0 Å². The molecular weight excluding hydrogens is 338 g/mol. The lowest BCUT2D eigenvalue weighted by atomic mass is 10.2. The molecule has 6 heteroatoms. The lowest BCUT2D eigenvalue weighted by molar-refractivity contribution is 0.415. The maximum atomic E-state index is 5.99. The van der Waals surface area contributed by atoms with E-state index in [4.69, 9.17) is 9.15 Å². The van der Waals surface area contributed by atoms with Gasteiger partial charge in [0.15, 0.2) is 11.4 Å². The standard InChI is InChI=1S/C19H17N3O2.ClH/c1-3-16-21-17-14-6-4-5-7-15(14)24-18(17)19(22-16)20-12-8-10-13(23-2)11-9-12;/h4-11H,3H2,1-2H3,(H,20,21,22);1H. The van der Waals surface area contributed by atoms with E-state index >= 15 is 0 Å². The topological polar surface area (TPSA) is 60.2 Å². The molecule has 5 nitrogen and oxygen atoms in total. The molecule has 4 rings (SSSR count). The van der Waals surface area contributed by atoms with Crippen LogP contribution in [-0.2, 0) is 6.42 Å². The van der Waals surface area contributed by atoms with Gasteiger partial charge >= 0.3 is 0 Å². The van der Waals surface area contributed by atoms with Crippen LogP contribution in [0, 0.1) is 0 Å². The second kappa shape index (κ2) is 6.99. The first kappa shape index (κ1) is 17.0. The van der Waals surface area contributed by atoms with Crippen molar-refractivity contribution in [1.29, 1.82) is 0 Å². The van der Waals surface area contributed by atoms with Crippen molar-refractivity contribution in [2.24, 2.45) is 0 Å². The lowest BCUT2D eigenvalue weighted by Crippen LogP contribution is -2.00. The molecule has 4 aromatic rings. The fraction of sp³-hybridized carbons (Fsp3) is 0.158. The third-order valence-corrected chi connectivity index (χ3v) is 3.94. The van der Waals surface area contributed by atoms with E-state index < -0.39 is 0 Å². The molecule has 0 bridgehead atoms. The van der Waals surface area contributed by atoms with E-state index in [1.165, 1.54) is 0 Å². The largest absolute Gasteiger partial charge is 0.497 e. The average Bonchev–Trinajstić information content (AvgIpc) is 3.01. The summed E-state index contributed by atoms with van der Waals surface area (Å²) < 4.78 is 11.2. The maximum absolute atomic E-state index is 5.99. The number of hydrogen-bond donors (Lipinski definition) is 1. The summed E-state index contributed by atoms with van der Waals surface area (Å²) in [7, 11) is 1.65. The van der Waals surface area contributed by atoms with Crippen LogP contribution in [0.2, 0.25) is 0 Å². The Labute approximate surface area is 151 Å². The molecular formula is C19H18ClN3O2. The van der Waals surface area contributed by atoms with Crippen molar-refractivity contribution in [1.82, 2.24) is 9.97 Å². The first-order valence-corrected chi connectivity index (χ1v) is 7.87. The molecule has 2 aromatic heterocycles. The first-order valence-electron chi connectivity index (χ1n) is 7.87. The highest BCUT2D eigenvalue weighted by molar-refractivity contribution is 6.06. The number of anilines is 2. The van der Waals surface area contributed by atoms with Crippen molar-refractivity contribution in [2.45, 2.75) is 13.3 Å². The number of para-hydroxylation sites is 1. The highest BCUT2D eigenvalue weighted by Crippen LogP contribution is 2.32. The predicted octanol–water partition coefficient (Wildman–Crippen LogP) is 5.11. The van der Waals surface area contributed by atoms with Gasteiger partial charge < -0.3 is 14.5 Å². The molecule has 0 radical (unpaired) electrons. The number of ether oxygens (including phenoxy) is 1. The van der Waals surface area contributed by atoms with Gasteiger partial charge in [-0.25, -0.2) is 9.97 Å². The van der Waals surface area contributed by atoms with Crippen LogP contribution in [0.25, 0.3) is 22.1 Å². The van der Waals surface area contributed by atoms with E-state index in [0.717, 1.165) is 40.2 Å². The summed E-state index contributed by atoms with van der Waals surface area (Å²) >= 11 is 0. The molecule has 2 aromatic carbocycles. The normalized spacial score (nSPS) is 10.6. The molecule has 0 saturated heterocycles. The molecule has 0 atom stereocenters. The number of halogens is 1. The number of fused-ring (bicyclic) bond motifs is 3. The smallest absolute Gasteiger partial charge is 0.196 e. The van der Waals surface area contributed by atoms with E-state index in [-0.39, 0.29) is 12.4 Å². The summed E-state index contributed by atoms with van der Waals surface area (Å²) in [6.07, 6.45) is 0.757. The van der Waals surface area contributed by atoms with Gasteiger partial charge in [-0.2, -0.15) is 0 Å². The molecule has 2 heterocycles. The zero-order chi connectivity index (χ0) is 16.5. The van der Waals surface area contributed by atoms with Crippen LogP contribution in [0.1, 0.15) is 12.7 Å². The third kappa shape index (κ3) is 3.10. The molecule has 0 fully saturated rings. The molecule has 0 aliphatic carbocycles. The van der Waals surface area contributed by atoms with E-state index in [1.807, 2.05) is 55.5 Å². The Morgan fingerprint density at radius 1 is 1.04 bits per heavy atom. The Bertz CT molecular complexity index is 1010. The van der Waals surface area contributed by atoms with Gasteiger partial charge in [-0.1, -0.05) is 19.1 Å². The Hall–Kier alpha value is -2.79. The van der Waals surface area contributed by atoms with Crippen LogP contribution < -0.4 is 10.1 Å². The number of aryl methyl sites for hydroxylation is 1. The van der Waals surface area contributed by atoms with Crippen molar-refractivity contribution in [3.8, 4) is 5.75 Å². The van der Waals surface area contributed by atoms with Gasteiger partial charge in [0.25, 0.3) is 0 Å². The summed E-state index contributed by atoms with van der Waals surface area (Å²) in [5.41, 5.74) is 3.24. The quantitative estimate of drug-likeness (QED) is 0.551. The first-order chi connectivity index (χ1) is 11.8. The minimum atomic E-state index is 0. The Morgan fingerprint density at radius 3 is 2.52 bits per heavy atom. The van der Waals surface area contributed by atoms with Crippen LogP contribution in [0.4, 0.5) is 11.5 Å². The average molecular weight is 356 g/mol. The van der Waals surface area contributed by atoms with Crippen LogP contribution in [-0.4, -0.2) is 17.1 Å². The second-order valence-corrected chi connectivity index (χ2v) is 5.47. The highest BCUT2D eigenvalue weighted by Gasteiger charge is 2.15. The zero-order valence-electron chi connectivity index (χ0n) is 13.9. The van der Waals surface area contributed by atoms with Crippen molar-refractivity contribution in [3.05, 3.63) is 54.4 Å². The summed E-state index contributed by atoms with van der Waals surface area (Å²) in [5, 5.41) is 4.34. The number of nitrogens with one attached hydrogen (secondary N) is 1. The molecule has 0 aliphatic heterocycles. The van der Waals surface area contributed by atoms with E-state index in [9.17, 15) is 0 Å². The van der Waals surface area contributed by atoms with Crippen molar-refractivity contribution < 1.29 is 9.15 Å². The lowest BCUT2D eigenvalue weighted by Gasteiger charge is -2.08. The van der Waals surface area contributed by atoms with Crippen molar-refractivity contribution in [2.75, 3.05) is 12.4 Å². The molecule has 0 saturated carbocycles. The molecule has 0 aliphatic rings. The van der Waals surface area contributed by atoms with Gasteiger partial charge in [0.1, 0.15) is 22.7 Å². The van der Waals surface area contributed by atoms with Gasteiger partial charge in [0, 0.05) is 17.5 Å². The summed E-state index contributed by atoms with van der Waals surface area (Å²) in [5.74, 6) is 2.27. The molecule has 0 amide bonds. The molecule has 0 spiro atoms. The highest BCUT2D eigenvalue weighted by atomic mass is 35.5. The summed E-state index contributed by atoms with van der Waals surface area (Å²) in [4.78, 5) is 9.25. The zero-order valence-corrected chi connectivity index (χ0v) is 14.8. The second-order valence-electron chi connectivity index (χ2n) is 5.47. The number of benzene rings is 2. The molecule has 25 heavy (non-hydrogen) atoms. The monoisotopic (exact) mass is 355 g/mol. The van der Waals surface area contributed by atoms with Gasteiger partial charge in [-0.05, 0) is 36.4 Å².